The molecular formula is C16H12F6O2S. The number of benzene rings is 1. The molecule has 0 saturated heterocycles. The van der Waals surface area contributed by atoms with Gasteiger partial charge in [0, 0.05) is 11.3 Å². The predicted octanol–water partition coefficient (Wildman–Crippen LogP) is 5.11. The number of rotatable bonds is 6. The van der Waals surface area contributed by atoms with Gasteiger partial charge in [0.15, 0.2) is 5.78 Å². The Morgan fingerprint density at radius 1 is 1.00 bits per heavy atom. The van der Waals surface area contributed by atoms with E-state index in [9.17, 15) is 31.1 Å². The number of thiophene rings is 1. The highest BCUT2D eigenvalue weighted by Crippen LogP contribution is 2.36. The summed E-state index contributed by atoms with van der Waals surface area (Å²) < 4.78 is 81.4. The third kappa shape index (κ3) is 5.86. The summed E-state index contributed by atoms with van der Waals surface area (Å²) in [6.45, 7) is -0.918. The highest BCUT2D eigenvalue weighted by Gasteiger charge is 2.36. The molecule has 0 fully saturated rings. The minimum absolute atomic E-state index is 0.0471. The molecule has 1 aromatic carbocycles. The number of alkyl halides is 6. The number of carbonyl (C=O) groups is 1. The first-order valence-corrected chi connectivity index (χ1v) is 7.84. The van der Waals surface area contributed by atoms with E-state index >= 15 is 0 Å². The van der Waals surface area contributed by atoms with Gasteiger partial charge in [0.25, 0.3) is 0 Å². The summed E-state index contributed by atoms with van der Waals surface area (Å²) in [4.78, 5) is 12.5. The zero-order chi connectivity index (χ0) is 18.7. The molecule has 2 nitrogen and oxygen atoms in total. The molecule has 25 heavy (non-hydrogen) atoms. The molecule has 0 unspecified atom stereocenters. The summed E-state index contributed by atoms with van der Waals surface area (Å²) >= 11 is 1.36. The molecule has 0 aliphatic heterocycles. The van der Waals surface area contributed by atoms with Crippen molar-refractivity contribution in [1.82, 2.24) is 0 Å². The largest absolute Gasteiger partial charge is 0.416 e. The van der Waals surface area contributed by atoms with Gasteiger partial charge in [-0.25, -0.2) is 0 Å². The van der Waals surface area contributed by atoms with Crippen molar-refractivity contribution in [3.8, 4) is 0 Å². The van der Waals surface area contributed by atoms with Crippen LogP contribution in [0.1, 0.15) is 21.6 Å². The van der Waals surface area contributed by atoms with E-state index in [1.807, 2.05) is 0 Å². The maximum Gasteiger partial charge on any atom is 0.416 e. The molecule has 0 aliphatic carbocycles. The second-order valence-electron chi connectivity index (χ2n) is 5.20. The highest BCUT2D eigenvalue weighted by molar-refractivity contribution is 7.10. The van der Waals surface area contributed by atoms with Crippen LogP contribution >= 0.6 is 11.3 Å². The van der Waals surface area contributed by atoms with E-state index in [4.69, 9.17) is 4.74 Å². The van der Waals surface area contributed by atoms with E-state index in [1.54, 1.807) is 17.5 Å². The second-order valence-corrected chi connectivity index (χ2v) is 6.23. The maximum absolute atomic E-state index is 12.7. The monoisotopic (exact) mass is 382 g/mol. The molecule has 0 spiro atoms. The summed E-state index contributed by atoms with van der Waals surface area (Å²) in [5.74, 6) is -0.314. The molecular weight excluding hydrogens is 370 g/mol. The van der Waals surface area contributed by atoms with Gasteiger partial charge in [-0.1, -0.05) is 6.07 Å². The molecule has 1 heterocycles. The maximum atomic E-state index is 12.7. The Hall–Kier alpha value is -1.87. The van der Waals surface area contributed by atoms with Crippen molar-refractivity contribution in [2.24, 2.45) is 0 Å². The average molecular weight is 382 g/mol. The third-order valence-electron chi connectivity index (χ3n) is 3.13. The number of ketones is 1. The first-order valence-electron chi connectivity index (χ1n) is 6.96. The minimum atomic E-state index is -4.91. The fourth-order valence-electron chi connectivity index (χ4n) is 2.04. The van der Waals surface area contributed by atoms with Crippen LogP contribution in [0.2, 0.25) is 0 Å². The fourth-order valence-corrected chi connectivity index (χ4v) is 2.78. The molecule has 9 heteroatoms. The summed E-state index contributed by atoms with van der Waals surface area (Å²) in [5.41, 5.74) is -3.12. The summed E-state index contributed by atoms with van der Waals surface area (Å²) in [6, 6.07) is 4.71. The lowest BCUT2D eigenvalue weighted by Crippen LogP contribution is -2.14. The highest BCUT2D eigenvalue weighted by atomic mass is 32.1. The van der Waals surface area contributed by atoms with Crippen LogP contribution < -0.4 is 0 Å². The van der Waals surface area contributed by atoms with Crippen molar-refractivity contribution in [3.05, 3.63) is 57.3 Å². The number of carbonyl (C=O) groups excluding carboxylic acids is 1. The number of halogens is 6. The molecule has 0 radical (unpaired) electrons. The number of Topliss-reactive ketones (excluding diaryl/α,β-unsaturated/α-hetero) is 1. The minimum Gasteiger partial charge on any atom is -0.369 e. The predicted molar refractivity (Wildman–Crippen MR) is 79.1 cm³/mol. The fraction of sp³-hybridized carbons (Fsp3) is 0.312. The van der Waals surface area contributed by atoms with Gasteiger partial charge in [0.1, 0.15) is 6.61 Å². The van der Waals surface area contributed by atoms with Gasteiger partial charge in [-0.2, -0.15) is 26.3 Å². The third-order valence-corrected chi connectivity index (χ3v) is 4.01. The van der Waals surface area contributed by atoms with Crippen LogP contribution in [0.4, 0.5) is 26.3 Å². The van der Waals surface area contributed by atoms with E-state index in [1.165, 1.54) is 11.3 Å². The van der Waals surface area contributed by atoms with Crippen molar-refractivity contribution in [1.29, 1.82) is 0 Å². The molecule has 136 valence electrons. The molecule has 2 rings (SSSR count). The van der Waals surface area contributed by atoms with Crippen LogP contribution in [0, 0.1) is 0 Å². The smallest absolute Gasteiger partial charge is 0.369 e. The molecule has 0 aliphatic rings. The Kier molecular flexibility index (Phi) is 5.89. The van der Waals surface area contributed by atoms with E-state index in [0.717, 1.165) is 4.88 Å². The Bertz CT molecular complexity index is 687. The Morgan fingerprint density at radius 2 is 1.60 bits per heavy atom. The van der Waals surface area contributed by atoms with E-state index < -0.39 is 36.7 Å². The van der Waals surface area contributed by atoms with Gasteiger partial charge in [0.2, 0.25) is 0 Å². The first kappa shape index (κ1) is 19.5. The zero-order valence-electron chi connectivity index (χ0n) is 12.6. The van der Waals surface area contributed by atoms with Gasteiger partial charge in [-0.15, -0.1) is 11.3 Å². The summed E-state index contributed by atoms with van der Waals surface area (Å²) in [6.07, 6.45) is -9.72. The standard InChI is InChI=1S/C16H12F6O2S/c17-15(18,19)11-4-10(5-12(6-11)16(20,21)22)8-24-9-13(23)7-14-2-1-3-25-14/h1-6H,7-9H2. The second kappa shape index (κ2) is 7.57. The summed E-state index contributed by atoms with van der Waals surface area (Å²) in [7, 11) is 0. The number of hydrogen-bond donors (Lipinski definition) is 0. The Morgan fingerprint density at radius 3 is 2.08 bits per heavy atom. The SMILES string of the molecule is O=C(COCc1cc(C(F)(F)F)cc(C(F)(F)F)c1)Cc1cccs1. The molecule has 2 aromatic rings. The molecule has 0 saturated carbocycles. The average Bonchev–Trinajstić information content (AvgIpc) is 2.98. The lowest BCUT2D eigenvalue weighted by molar-refractivity contribution is -0.143. The van der Waals surface area contributed by atoms with Crippen LogP contribution in [0.25, 0.3) is 0 Å². The number of ether oxygens (including phenoxy) is 1. The van der Waals surface area contributed by atoms with Crippen LogP contribution in [-0.4, -0.2) is 12.4 Å². The van der Waals surface area contributed by atoms with Gasteiger partial charge < -0.3 is 4.74 Å². The number of hydrogen-bond acceptors (Lipinski definition) is 3. The quantitative estimate of drug-likeness (QED) is 0.649. The molecule has 0 amide bonds. The van der Waals surface area contributed by atoms with Crippen molar-refractivity contribution >= 4 is 17.1 Å². The lowest BCUT2D eigenvalue weighted by atomic mass is 10.1. The van der Waals surface area contributed by atoms with Crippen LogP contribution in [0.5, 0.6) is 0 Å². The summed E-state index contributed by atoms with van der Waals surface area (Å²) in [5, 5.41) is 1.78. The molecule has 0 bridgehead atoms. The molecule has 0 N–H and O–H groups in total. The Labute approximate surface area is 143 Å². The van der Waals surface area contributed by atoms with E-state index in [0.29, 0.717) is 12.1 Å². The van der Waals surface area contributed by atoms with E-state index in [2.05, 4.69) is 0 Å². The van der Waals surface area contributed by atoms with Gasteiger partial charge >= 0.3 is 12.4 Å². The van der Waals surface area contributed by atoms with E-state index in [-0.39, 0.29) is 23.8 Å². The van der Waals surface area contributed by atoms with Crippen molar-refractivity contribution < 1.29 is 35.9 Å². The molecule has 0 atom stereocenters. The van der Waals surface area contributed by atoms with Crippen LogP contribution in [0.3, 0.4) is 0 Å². The first-order chi connectivity index (χ1) is 11.6. The lowest BCUT2D eigenvalue weighted by Gasteiger charge is -2.14. The van der Waals surface area contributed by atoms with Gasteiger partial charge in [-0.3, -0.25) is 4.79 Å². The van der Waals surface area contributed by atoms with Crippen molar-refractivity contribution in [2.75, 3.05) is 6.61 Å². The van der Waals surface area contributed by atoms with Crippen molar-refractivity contribution in [2.45, 2.75) is 25.4 Å². The normalized spacial score (nSPS) is 12.4. The van der Waals surface area contributed by atoms with Crippen LogP contribution in [-0.2, 0) is 34.9 Å². The Balaban J connectivity index is 2.04. The zero-order valence-corrected chi connectivity index (χ0v) is 13.4. The van der Waals surface area contributed by atoms with Gasteiger partial charge in [-0.05, 0) is 35.2 Å². The van der Waals surface area contributed by atoms with Crippen LogP contribution in [0.15, 0.2) is 35.7 Å². The molecule has 1 aromatic heterocycles. The topological polar surface area (TPSA) is 26.3 Å². The van der Waals surface area contributed by atoms with Gasteiger partial charge in [0.05, 0.1) is 17.7 Å². The van der Waals surface area contributed by atoms with Crippen molar-refractivity contribution in [3.63, 3.8) is 0 Å².